The van der Waals surface area contributed by atoms with Crippen molar-refractivity contribution in [1.29, 1.82) is 0 Å². The molecule has 2 aromatic heterocycles. The van der Waals surface area contributed by atoms with Gasteiger partial charge in [-0.2, -0.15) is 0 Å². The highest BCUT2D eigenvalue weighted by molar-refractivity contribution is 5.92. The van der Waals surface area contributed by atoms with Gasteiger partial charge in [0.2, 0.25) is 0 Å². The van der Waals surface area contributed by atoms with E-state index < -0.39 is 5.97 Å². The van der Waals surface area contributed by atoms with Gasteiger partial charge in [0.1, 0.15) is 18.0 Å². The smallest absolute Gasteiger partial charge is 0.325 e. The van der Waals surface area contributed by atoms with Crippen molar-refractivity contribution in [2.45, 2.75) is 26.9 Å². The lowest BCUT2D eigenvalue weighted by Crippen LogP contribution is -2.23. The molecule has 0 aliphatic carbocycles. The van der Waals surface area contributed by atoms with Gasteiger partial charge in [0.15, 0.2) is 5.76 Å². The van der Waals surface area contributed by atoms with Gasteiger partial charge in [-0.25, -0.2) is 4.68 Å². The van der Waals surface area contributed by atoms with Crippen LogP contribution in [0.3, 0.4) is 0 Å². The Balaban J connectivity index is 1.95. The van der Waals surface area contributed by atoms with Crippen LogP contribution in [0.4, 0.5) is 0 Å². The molecular weight excluding hydrogens is 264 g/mol. The molecule has 0 aliphatic rings. The number of nitrogens with one attached hydrogen (secondary N) is 1. The molecule has 0 spiro atoms. The van der Waals surface area contributed by atoms with E-state index in [1.807, 2.05) is 0 Å². The number of carbonyl (C=O) groups excluding carboxylic acids is 1. The van der Waals surface area contributed by atoms with Crippen LogP contribution < -0.4 is 5.32 Å². The molecule has 0 bridgehead atoms. The third-order valence-corrected chi connectivity index (χ3v) is 2.56. The fourth-order valence-corrected chi connectivity index (χ4v) is 1.75. The molecule has 8 nitrogen and oxygen atoms in total. The summed E-state index contributed by atoms with van der Waals surface area (Å²) in [5.41, 5.74) is 1.23. The Bertz CT molecular complexity index is 644. The van der Waals surface area contributed by atoms with Crippen molar-refractivity contribution in [2.75, 3.05) is 0 Å². The van der Waals surface area contributed by atoms with E-state index in [0.29, 0.717) is 11.5 Å². The zero-order valence-corrected chi connectivity index (χ0v) is 11.1. The first kappa shape index (κ1) is 13.8. The quantitative estimate of drug-likeness (QED) is 0.824. The Morgan fingerprint density at radius 1 is 1.45 bits per heavy atom. The minimum Gasteiger partial charge on any atom is -0.480 e. The highest BCUT2D eigenvalue weighted by Gasteiger charge is 2.14. The van der Waals surface area contributed by atoms with Crippen LogP contribution in [-0.4, -0.2) is 32.0 Å². The fourth-order valence-electron chi connectivity index (χ4n) is 1.75. The number of aromatic nitrogens is 3. The van der Waals surface area contributed by atoms with Crippen LogP contribution in [0.1, 0.15) is 27.6 Å². The van der Waals surface area contributed by atoms with Crippen molar-refractivity contribution in [3.8, 4) is 0 Å². The molecule has 1 amide bonds. The number of carbonyl (C=O) groups is 2. The van der Waals surface area contributed by atoms with Crippen LogP contribution in [0.25, 0.3) is 0 Å². The summed E-state index contributed by atoms with van der Waals surface area (Å²) in [7, 11) is 0. The van der Waals surface area contributed by atoms with E-state index in [2.05, 4.69) is 15.6 Å². The van der Waals surface area contributed by atoms with Crippen molar-refractivity contribution in [3.05, 3.63) is 35.0 Å². The van der Waals surface area contributed by atoms with E-state index in [1.165, 1.54) is 10.9 Å². The van der Waals surface area contributed by atoms with Gasteiger partial charge < -0.3 is 14.8 Å². The van der Waals surface area contributed by atoms with E-state index in [0.717, 1.165) is 5.56 Å². The number of furan rings is 1. The van der Waals surface area contributed by atoms with Crippen molar-refractivity contribution < 1.29 is 19.1 Å². The average molecular weight is 278 g/mol. The predicted octanol–water partition coefficient (Wildman–Crippen LogP) is 0.503. The standard InChI is InChI=1S/C12H14N4O4/c1-7-3-8(2)20-11(7)12(19)13-4-9-5-16(15-14-9)6-10(17)18/h3,5H,4,6H2,1-2H3,(H,13,19)(H,17,18). The number of rotatable bonds is 5. The summed E-state index contributed by atoms with van der Waals surface area (Å²) in [6, 6.07) is 1.78. The molecule has 0 aliphatic heterocycles. The Hall–Kier alpha value is -2.64. The third-order valence-electron chi connectivity index (χ3n) is 2.56. The monoisotopic (exact) mass is 278 g/mol. The second-order valence-corrected chi connectivity index (χ2v) is 4.35. The molecule has 0 radical (unpaired) electrons. The number of aryl methyl sites for hydroxylation is 2. The van der Waals surface area contributed by atoms with Crippen LogP contribution in [0.5, 0.6) is 0 Å². The van der Waals surface area contributed by atoms with Gasteiger partial charge in [0.25, 0.3) is 5.91 Å². The van der Waals surface area contributed by atoms with E-state index in [4.69, 9.17) is 9.52 Å². The molecule has 2 heterocycles. The average Bonchev–Trinajstić information content (AvgIpc) is 2.92. The maximum absolute atomic E-state index is 11.9. The largest absolute Gasteiger partial charge is 0.480 e. The Labute approximate surface area is 114 Å². The lowest BCUT2D eigenvalue weighted by atomic mass is 10.2. The number of aliphatic carboxylic acids is 1. The maximum Gasteiger partial charge on any atom is 0.325 e. The van der Waals surface area contributed by atoms with Gasteiger partial charge in [-0.05, 0) is 19.9 Å². The van der Waals surface area contributed by atoms with Crippen molar-refractivity contribution in [2.24, 2.45) is 0 Å². The molecule has 0 saturated heterocycles. The number of amides is 1. The van der Waals surface area contributed by atoms with Gasteiger partial charge >= 0.3 is 5.97 Å². The van der Waals surface area contributed by atoms with Crippen molar-refractivity contribution in [1.82, 2.24) is 20.3 Å². The normalized spacial score (nSPS) is 10.5. The van der Waals surface area contributed by atoms with Crippen LogP contribution in [-0.2, 0) is 17.9 Å². The lowest BCUT2D eigenvalue weighted by Gasteiger charge is -2.00. The summed E-state index contributed by atoms with van der Waals surface area (Å²) in [5, 5.41) is 18.7. The van der Waals surface area contributed by atoms with E-state index in [1.54, 1.807) is 19.9 Å². The minimum absolute atomic E-state index is 0.150. The summed E-state index contributed by atoms with van der Waals surface area (Å²) in [6.07, 6.45) is 1.47. The Morgan fingerprint density at radius 2 is 2.20 bits per heavy atom. The summed E-state index contributed by atoms with van der Waals surface area (Å²) >= 11 is 0. The lowest BCUT2D eigenvalue weighted by molar-refractivity contribution is -0.137. The highest BCUT2D eigenvalue weighted by atomic mass is 16.4. The van der Waals surface area contributed by atoms with Gasteiger partial charge in [-0.3, -0.25) is 9.59 Å². The van der Waals surface area contributed by atoms with Crippen LogP contribution in [0, 0.1) is 13.8 Å². The molecular formula is C12H14N4O4. The maximum atomic E-state index is 11.9. The molecule has 0 unspecified atom stereocenters. The summed E-state index contributed by atoms with van der Waals surface area (Å²) in [4.78, 5) is 22.4. The molecule has 2 N–H and O–H groups in total. The van der Waals surface area contributed by atoms with Gasteiger partial charge in [-0.15, -0.1) is 5.10 Å². The number of hydrogen-bond donors (Lipinski definition) is 2. The second kappa shape index (κ2) is 5.55. The van der Waals surface area contributed by atoms with Gasteiger partial charge in [0.05, 0.1) is 12.7 Å². The van der Waals surface area contributed by atoms with Crippen LogP contribution in [0.2, 0.25) is 0 Å². The molecule has 0 saturated carbocycles. The Kier molecular flexibility index (Phi) is 3.83. The van der Waals surface area contributed by atoms with Gasteiger partial charge in [-0.1, -0.05) is 5.21 Å². The van der Waals surface area contributed by atoms with E-state index in [-0.39, 0.29) is 24.8 Å². The Morgan fingerprint density at radius 3 is 2.80 bits per heavy atom. The zero-order chi connectivity index (χ0) is 14.7. The summed E-state index contributed by atoms with van der Waals surface area (Å²) < 4.78 is 6.48. The van der Waals surface area contributed by atoms with E-state index >= 15 is 0 Å². The number of hydrogen-bond acceptors (Lipinski definition) is 5. The summed E-state index contributed by atoms with van der Waals surface area (Å²) in [6.45, 7) is 3.44. The van der Waals surface area contributed by atoms with Crippen molar-refractivity contribution in [3.63, 3.8) is 0 Å². The predicted molar refractivity (Wildman–Crippen MR) is 67.0 cm³/mol. The highest BCUT2D eigenvalue weighted by Crippen LogP contribution is 2.13. The topological polar surface area (TPSA) is 110 Å². The molecule has 0 atom stereocenters. The molecule has 0 fully saturated rings. The zero-order valence-electron chi connectivity index (χ0n) is 11.1. The first-order valence-corrected chi connectivity index (χ1v) is 5.91. The molecule has 20 heavy (non-hydrogen) atoms. The SMILES string of the molecule is Cc1cc(C)c(C(=O)NCc2cn(CC(=O)O)nn2)o1. The molecule has 8 heteroatoms. The van der Waals surface area contributed by atoms with Crippen molar-refractivity contribution >= 4 is 11.9 Å². The fraction of sp³-hybridized carbons (Fsp3) is 0.333. The van der Waals surface area contributed by atoms with Crippen LogP contribution >= 0.6 is 0 Å². The third kappa shape index (κ3) is 3.22. The number of carboxylic acid groups (broad SMARTS) is 1. The van der Waals surface area contributed by atoms with Crippen LogP contribution in [0.15, 0.2) is 16.7 Å². The number of nitrogens with zero attached hydrogens (tertiary/aromatic N) is 3. The first-order chi connectivity index (χ1) is 9.45. The minimum atomic E-state index is -1.01. The second-order valence-electron chi connectivity index (χ2n) is 4.35. The first-order valence-electron chi connectivity index (χ1n) is 5.91. The van der Waals surface area contributed by atoms with Gasteiger partial charge in [0, 0.05) is 5.56 Å². The molecule has 2 aromatic rings. The molecule has 2 rings (SSSR count). The summed E-state index contributed by atoms with van der Waals surface area (Å²) in [5.74, 6) is -0.420. The number of carboxylic acids is 1. The molecule has 0 aromatic carbocycles. The molecule has 106 valence electrons. The van der Waals surface area contributed by atoms with E-state index in [9.17, 15) is 9.59 Å².